The van der Waals surface area contributed by atoms with E-state index in [4.69, 9.17) is 10.2 Å². The Morgan fingerprint density at radius 1 is 1.55 bits per heavy atom. The van der Waals surface area contributed by atoms with Crippen molar-refractivity contribution in [1.82, 2.24) is 15.2 Å². The summed E-state index contributed by atoms with van der Waals surface area (Å²) in [5.74, 6) is 0.681. The van der Waals surface area contributed by atoms with Gasteiger partial charge in [-0.05, 0) is 18.6 Å². The molecule has 2 heterocycles. The standard InChI is InChI=1S/C14H18N4O2/c1-2-10-14(19)16-6-7-18(10)8-12-17-13-9(15)4-3-5-11(13)20-12/h3-5,10H,2,6-8,15H2,1H3,(H,16,19). The Morgan fingerprint density at radius 2 is 2.40 bits per heavy atom. The van der Waals surface area contributed by atoms with Gasteiger partial charge in [0.1, 0.15) is 5.52 Å². The molecular formula is C14H18N4O2. The quantitative estimate of drug-likeness (QED) is 0.819. The minimum atomic E-state index is -0.115. The van der Waals surface area contributed by atoms with E-state index in [2.05, 4.69) is 15.2 Å². The van der Waals surface area contributed by atoms with Crippen LogP contribution in [0, 0.1) is 0 Å². The van der Waals surface area contributed by atoms with Gasteiger partial charge in [0.25, 0.3) is 0 Å². The monoisotopic (exact) mass is 274 g/mol. The third kappa shape index (κ3) is 2.22. The molecule has 106 valence electrons. The number of carbonyl (C=O) groups is 1. The molecule has 0 saturated carbocycles. The molecule has 3 rings (SSSR count). The minimum absolute atomic E-state index is 0.0781. The Balaban J connectivity index is 1.85. The second kappa shape index (κ2) is 5.13. The van der Waals surface area contributed by atoms with E-state index in [0.29, 0.717) is 35.8 Å². The van der Waals surface area contributed by atoms with E-state index in [1.54, 1.807) is 6.07 Å². The summed E-state index contributed by atoms with van der Waals surface area (Å²) in [6.45, 7) is 4.00. The summed E-state index contributed by atoms with van der Waals surface area (Å²) < 4.78 is 5.72. The molecule has 2 aromatic rings. The third-order valence-electron chi connectivity index (χ3n) is 3.66. The zero-order valence-corrected chi connectivity index (χ0v) is 11.4. The smallest absolute Gasteiger partial charge is 0.237 e. The maximum absolute atomic E-state index is 11.8. The molecule has 1 unspecified atom stereocenters. The molecule has 1 aliphatic rings. The van der Waals surface area contributed by atoms with Gasteiger partial charge in [-0.2, -0.15) is 0 Å². The van der Waals surface area contributed by atoms with E-state index < -0.39 is 0 Å². The van der Waals surface area contributed by atoms with Gasteiger partial charge < -0.3 is 15.5 Å². The molecule has 6 heteroatoms. The lowest BCUT2D eigenvalue weighted by atomic mass is 10.1. The minimum Gasteiger partial charge on any atom is -0.439 e. The number of fused-ring (bicyclic) bond motifs is 1. The van der Waals surface area contributed by atoms with Gasteiger partial charge in [0.05, 0.1) is 18.3 Å². The van der Waals surface area contributed by atoms with Crippen molar-refractivity contribution in [1.29, 1.82) is 0 Å². The van der Waals surface area contributed by atoms with Crippen LogP contribution >= 0.6 is 0 Å². The summed E-state index contributed by atoms with van der Waals surface area (Å²) in [4.78, 5) is 18.4. The first-order valence-electron chi connectivity index (χ1n) is 6.84. The first-order chi connectivity index (χ1) is 9.69. The lowest BCUT2D eigenvalue weighted by molar-refractivity contribution is -0.129. The van der Waals surface area contributed by atoms with Gasteiger partial charge in [-0.25, -0.2) is 4.98 Å². The number of carbonyl (C=O) groups excluding carboxylic acids is 1. The van der Waals surface area contributed by atoms with Crippen LogP contribution in [-0.4, -0.2) is 34.9 Å². The van der Waals surface area contributed by atoms with E-state index in [-0.39, 0.29) is 11.9 Å². The number of nitrogen functional groups attached to an aromatic ring is 1. The highest BCUT2D eigenvalue weighted by molar-refractivity contribution is 5.85. The van der Waals surface area contributed by atoms with Crippen LogP contribution in [0.2, 0.25) is 0 Å². The van der Waals surface area contributed by atoms with Crippen LogP contribution in [0.4, 0.5) is 5.69 Å². The lowest BCUT2D eigenvalue weighted by Gasteiger charge is -2.33. The van der Waals surface area contributed by atoms with Crippen molar-refractivity contribution in [2.45, 2.75) is 25.9 Å². The van der Waals surface area contributed by atoms with Crippen molar-refractivity contribution >= 4 is 22.7 Å². The summed E-state index contributed by atoms with van der Waals surface area (Å²) in [5.41, 5.74) is 7.87. The van der Waals surface area contributed by atoms with Crippen molar-refractivity contribution in [3.05, 3.63) is 24.1 Å². The summed E-state index contributed by atoms with van der Waals surface area (Å²) >= 11 is 0. The zero-order valence-electron chi connectivity index (χ0n) is 11.4. The number of para-hydroxylation sites is 1. The van der Waals surface area contributed by atoms with Crippen LogP contribution in [-0.2, 0) is 11.3 Å². The Labute approximate surface area is 116 Å². The van der Waals surface area contributed by atoms with E-state index >= 15 is 0 Å². The Kier molecular flexibility index (Phi) is 3.31. The number of piperazine rings is 1. The van der Waals surface area contributed by atoms with Crippen molar-refractivity contribution in [3.63, 3.8) is 0 Å². The van der Waals surface area contributed by atoms with Crippen LogP contribution in [0.1, 0.15) is 19.2 Å². The second-order valence-electron chi connectivity index (χ2n) is 4.99. The Morgan fingerprint density at radius 3 is 3.15 bits per heavy atom. The number of nitrogens with zero attached hydrogens (tertiary/aromatic N) is 2. The van der Waals surface area contributed by atoms with Gasteiger partial charge in [-0.15, -0.1) is 0 Å². The van der Waals surface area contributed by atoms with Gasteiger partial charge in [0.2, 0.25) is 11.8 Å². The average molecular weight is 274 g/mol. The molecule has 0 bridgehead atoms. The van der Waals surface area contributed by atoms with Crippen LogP contribution in [0.3, 0.4) is 0 Å². The fraction of sp³-hybridized carbons (Fsp3) is 0.429. The first-order valence-corrected chi connectivity index (χ1v) is 6.84. The van der Waals surface area contributed by atoms with Gasteiger partial charge in [0, 0.05) is 13.1 Å². The van der Waals surface area contributed by atoms with Gasteiger partial charge in [-0.1, -0.05) is 13.0 Å². The van der Waals surface area contributed by atoms with Gasteiger partial charge in [0.15, 0.2) is 5.58 Å². The molecular weight excluding hydrogens is 256 g/mol. The molecule has 0 radical (unpaired) electrons. The van der Waals surface area contributed by atoms with E-state index in [0.717, 1.165) is 13.0 Å². The van der Waals surface area contributed by atoms with Crippen LogP contribution < -0.4 is 11.1 Å². The van der Waals surface area contributed by atoms with Crippen LogP contribution in [0.5, 0.6) is 0 Å². The number of hydrogen-bond acceptors (Lipinski definition) is 5. The largest absolute Gasteiger partial charge is 0.439 e. The zero-order chi connectivity index (χ0) is 14.1. The predicted molar refractivity (Wildman–Crippen MR) is 75.9 cm³/mol. The summed E-state index contributed by atoms with van der Waals surface area (Å²) in [6.07, 6.45) is 0.772. The molecule has 0 spiro atoms. The molecule has 1 saturated heterocycles. The summed E-state index contributed by atoms with van der Waals surface area (Å²) in [7, 11) is 0. The number of oxazole rings is 1. The molecule has 1 atom stereocenters. The van der Waals surface area contributed by atoms with Crippen molar-refractivity contribution in [3.8, 4) is 0 Å². The lowest BCUT2D eigenvalue weighted by Crippen LogP contribution is -2.54. The number of benzene rings is 1. The van der Waals surface area contributed by atoms with Gasteiger partial charge >= 0.3 is 0 Å². The Hall–Kier alpha value is -2.08. The maximum atomic E-state index is 11.8. The van der Waals surface area contributed by atoms with Crippen LogP contribution in [0.15, 0.2) is 22.6 Å². The van der Waals surface area contributed by atoms with Crippen molar-refractivity contribution in [2.75, 3.05) is 18.8 Å². The van der Waals surface area contributed by atoms with Crippen molar-refractivity contribution < 1.29 is 9.21 Å². The highest BCUT2D eigenvalue weighted by Gasteiger charge is 2.29. The number of hydrogen-bond donors (Lipinski definition) is 2. The van der Waals surface area contributed by atoms with E-state index in [1.807, 2.05) is 19.1 Å². The molecule has 1 aromatic carbocycles. The third-order valence-corrected chi connectivity index (χ3v) is 3.66. The summed E-state index contributed by atoms with van der Waals surface area (Å²) in [5, 5.41) is 2.88. The topological polar surface area (TPSA) is 84.4 Å². The van der Waals surface area contributed by atoms with Crippen molar-refractivity contribution in [2.24, 2.45) is 0 Å². The average Bonchev–Trinajstić information content (AvgIpc) is 2.83. The highest BCUT2D eigenvalue weighted by Crippen LogP contribution is 2.22. The number of nitrogens with one attached hydrogen (secondary N) is 1. The van der Waals surface area contributed by atoms with E-state index in [1.165, 1.54) is 0 Å². The molecule has 3 N–H and O–H groups in total. The van der Waals surface area contributed by atoms with E-state index in [9.17, 15) is 4.79 Å². The SMILES string of the molecule is CCC1C(=O)NCCN1Cc1nc2c(N)cccc2o1. The summed E-state index contributed by atoms with van der Waals surface area (Å²) in [6, 6.07) is 5.38. The number of nitrogens with two attached hydrogens (primary N) is 1. The molecule has 6 nitrogen and oxygen atoms in total. The van der Waals surface area contributed by atoms with Crippen LogP contribution in [0.25, 0.3) is 11.1 Å². The predicted octanol–water partition coefficient (Wildman–Crippen LogP) is 1.12. The first kappa shape index (κ1) is 12.9. The molecule has 0 aliphatic carbocycles. The molecule has 1 amide bonds. The Bertz CT molecular complexity index is 637. The highest BCUT2D eigenvalue weighted by atomic mass is 16.3. The number of anilines is 1. The normalized spacial score (nSPS) is 20.2. The van der Waals surface area contributed by atoms with Gasteiger partial charge in [-0.3, -0.25) is 9.69 Å². The number of amides is 1. The number of aromatic nitrogens is 1. The number of rotatable bonds is 3. The molecule has 20 heavy (non-hydrogen) atoms. The second-order valence-corrected chi connectivity index (χ2v) is 4.99. The maximum Gasteiger partial charge on any atom is 0.237 e. The fourth-order valence-corrected chi connectivity index (χ4v) is 2.65. The molecule has 1 aliphatic heterocycles. The fourth-order valence-electron chi connectivity index (χ4n) is 2.65. The molecule has 1 aromatic heterocycles. The molecule has 1 fully saturated rings.